The summed E-state index contributed by atoms with van der Waals surface area (Å²) in [6.45, 7) is 4.72. The van der Waals surface area contributed by atoms with E-state index in [1.807, 2.05) is 31.4 Å². The summed E-state index contributed by atoms with van der Waals surface area (Å²) in [4.78, 5) is 45.4. The molecule has 0 unspecified atom stereocenters. The summed E-state index contributed by atoms with van der Waals surface area (Å²) < 4.78 is 1.59. The fourth-order valence-corrected chi connectivity index (χ4v) is 4.49. The van der Waals surface area contributed by atoms with E-state index in [0.717, 1.165) is 21.8 Å². The van der Waals surface area contributed by atoms with Crippen LogP contribution in [0.4, 0.5) is 5.00 Å². The number of hydrogen-bond donors (Lipinski definition) is 1. The highest BCUT2D eigenvalue weighted by atomic mass is 32.1. The molecule has 1 N–H and O–H groups in total. The quantitative estimate of drug-likeness (QED) is 0.720. The summed E-state index contributed by atoms with van der Waals surface area (Å²) in [6.07, 6.45) is 0.126. The number of amides is 2. The molecule has 0 radical (unpaired) electrons. The number of pyridine rings is 1. The highest BCUT2D eigenvalue weighted by Gasteiger charge is 2.29. The van der Waals surface area contributed by atoms with Crippen LogP contribution in [0.15, 0.2) is 22.3 Å². The minimum Gasteiger partial charge on any atom is -0.331 e. The lowest BCUT2D eigenvalue weighted by Gasteiger charge is -2.33. The molecule has 0 aliphatic carbocycles. The van der Waals surface area contributed by atoms with Crippen molar-refractivity contribution in [3.05, 3.63) is 44.7 Å². The first-order valence-corrected chi connectivity index (χ1v) is 9.91. The van der Waals surface area contributed by atoms with E-state index >= 15 is 0 Å². The van der Waals surface area contributed by atoms with E-state index in [2.05, 4.69) is 10.1 Å². The maximum absolute atomic E-state index is 12.9. The van der Waals surface area contributed by atoms with Gasteiger partial charge in [-0.3, -0.25) is 24.2 Å². The third-order valence-electron chi connectivity index (χ3n) is 5.25. The number of H-pyrrole nitrogens is 1. The van der Waals surface area contributed by atoms with Crippen molar-refractivity contribution in [3.63, 3.8) is 0 Å². The lowest BCUT2D eigenvalue weighted by Crippen LogP contribution is -2.52. The number of fused-ring (bicyclic) bond motifs is 1. The smallest absolute Gasteiger partial charge is 0.273 e. The second-order valence-electron chi connectivity index (χ2n) is 6.99. The van der Waals surface area contributed by atoms with Crippen LogP contribution in [0.3, 0.4) is 0 Å². The van der Waals surface area contributed by atoms with Gasteiger partial charge in [-0.05, 0) is 42.5 Å². The Bertz CT molecular complexity index is 1130. The summed E-state index contributed by atoms with van der Waals surface area (Å²) in [5.41, 5.74) is 2.60. The molecule has 4 rings (SSSR count). The zero-order chi connectivity index (χ0) is 20.0. The molecule has 146 valence electrons. The lowest BCUT2D eigenvalue weighted by atomic mass is 10.0. The monoisotopic (exact) mass is 399 g/mol. The second-order valence-corrected chi connectivity index (χ2v) is 7.91. The molecule has 3 aromatic heterocycles. The number of rotatable bonds is 3. The number of carbonyl (C=O) groups excluding carboxylic acids is 2. The van der Waals surface area contributed by atoms with Crippen LogP contribution in [0.25, 0.3) is 11.0 Å². The number of nitrogens with one attached hydrogen (secondary N) is 1. The number of aromatic nitrogens is 3. The van der Waals surface area contributed by atoms with Crippen molar-refractivity contribution in [1.82, 2.24) is 19.7 Å². The van der Waals surface area contributed by atoms with E-state index < -0.39 is 0 Å². The Morgan fingerprint density at radius 1 is 1.29 bits per heavy atom. The van der Waals surface area contributed by atoms with Crippen molar-refractivity contribution in [2.75, 3.05) is 24.5 Å². The average molecular weight is 399 g/mol. The minimum atomic E-state index is -0.212. The Morgan fingerprint density at radius 3 is 2.75 bits per heavy atom. The Kier molecular flexibility index (Phi) is 4.54. The molecular weight excluding hydrogens is 378 g/mol. The van der Waals surface area contributed by atoms with Crippen LogP contribution in [0.5, 0.6) is 0 Å². The molecule has 1 aliphatic heterocycles. The predicted octanol–water partition coefficient (Wildman–Crippen LogP) is 1.36. The van der Waals surface area contributed by atoms with Crippen LogP contribution in [0.1, 0.15) is 16.8 Å². The molecule has 0 saturated carbocycles. The molecule has 8 nitrogen and oxygen atoms in total. The normalized spacial score (nSPS) is 14.9. The number of aromatic amines is 1. The van der Waals surface area contributed by atoms with Gasteiger partial charge in [0.05, 0.1) is 16.8 Å². The zero-order valence-corrected chi connectivity index (χ0v) is 16.8. The predicted molar refractivity (Wildman–Crippen MR) is 108 cm³/mol. The average Bonchev–Trinajstić information content (AvgIpc) is 3.27. The number of hydrogen-bond acceptors (Lipinski definition) is 5. The van der Waals surface area contributed by atoms with E-state index in [0.29, 0.717) is 24.1 Å². The fraction of sp³-hybridized carbons (Fsp3) is 0.368. The molecule has 28 heavy (non-hydrogen) atoms. The molecule has 4 heterocycles. The molecule has 1 saturated heterocycles. The van der Waals surface area contributed by atoms with Crippen molar-refractivity contribution in [2.45, 2.75) is 20.3 Å². The van der Waals surface area contributed by atoms with E-state index in [-0.39, 0.29) is 30.3 Å². The summed E-state index contributed by atoms with van der Waals surface area (Å²) in [6, 6.07) is 3.82. The Labute approximate surface area is 165 Å². The number of thiophene rings is 1. The standard InChI is InChI=1S/C19H21N5O3S/c1-11-13(12(2)20-18-17(11)19(27)21-22(18)3)9-14(25)23-6-7-24(15(26)10-23)16-5-4-8-28-16/h4-5,8H,6-7,9-10H2,1-3H3,(H,21,27). The summed E-state index contributed by atoms with van der Waals surface area (Å²) in [5, 5.41) is 6.05. The number of piperazine rings is 1. The van der Waals surface area contributed by atoms with Crippen molar-refractivity contribution in [1.29, 1.82) is 0 Å². The number of aryl methyl sites for hydroxylation is 3. The maximum atomic E-state index is 12.9. The second kappa shape index (κ2) is 6.90. The van der Waals surface area contributed by atoms with Gasteiger partial charge in [0, 0.05) is 25.8 Å². The SMILES string of the molecule is Cc1nc2c(c(C)c1CC(=O)N1CCN(c3cccs3)C(=O)C1)c(=O)[nH]n2C. The van der Waals surface area contributed by atoms with Gasteiger partial charge in [0.2, 0.25) is 11.8 Å². The molecule has 0 aromatic carbocycles. The molecule has 3 aromatic rings. The third kappa shape index (κ3) is 3.01. The number of nitrogens with zero attached hydrogens (tertiary/aromatic N) is 4. The summed E-state index contributed by atoms with van der Waals surface area (Å²) in [5.74, 6) is -0.206. The van der Waals surface area contributed by atoms with Crippen molar-refractivity contribution in [2.24, 2.45) is 7.05 Å². The van der Waals surface area contributed by atoms with Gasteiger partial charge in [0.25, 0.3) is 5.56 Å². The maximum Gasteiger partial charge on any atom is 0.273 e. The van der Waals surface area contributed by atoms with Crippen molar-refractivity contribution in [3.8, 4) is 0 Å². The van der Waals surface area contributed by atoms with Crippen LogP contribution < -0.4 is 10.5 Å². The first-order valence-electron chi connectivity index (χ1n) is 9.03. The molecule has 9 heteroatoms. The minimum absolute atomic E-state index is 0.0659. The van der Waals surface area contributed by atoms with Gasteiger partial charge in [-0.1, -0.05) is 0 Å². The van der Waals surface area contributed by atoms with E-state index in [1.165, 1.54) is 11.3 Å². The fourth-order valence-electron chi connectivity index (χ4n) is 3.71. The molecule has 1 aliphatic rings. The number of carbonyl (C=O) groups is 2. The first kappa shape index (κ1) is 18.4. The Morgan fingerprint density at radius 2 is 2.07 bits per heavy atom. The molecule has 2 amide bonds. The molecule has 0 spiro atoms. The largest absolute Gasteiger partial charge is 0.331 e. The van der Waals surface area contributed by atoms with Gasteiger partial charge in [-0.15, -0.1) is 11.3 Å². The summed E-state index contributed by atoms with van der Waals surface area (Å²) >= 11 is 1.51. The Balaban J connectivity index is 1.55. The van der Waals surface area contributed by atoms with Gasteiger partial charge in [-0.25, -0.2) is 4.98 Å². The van der Waals surface area contributed by atoms with Crippen LogP contribution in [0, 0.1) is 13.8 Å². The van der Waals surface area contributed by atoms with Gasteiger partial charge >= 0.3 is 0 Å². The van der Waals surface area contributed by atoms with Gasteiger partial charge < -0.3 is 9.80 Å². The van der Waals surface area contributed by atoms with E-state index in [1.54, 1.807) is 21.5 Å². The number of anilines is 1. The summed E-state index contributed by atoms with van der Waals surface area (Å²) in [7, 11) is 1.74. The van der Waals surface area contributed by atoms with Gasteiger partial charge in [0.1, 0.15) is 6.54 Å². The third-order valence-corrected chi connectivity index (χ3v) is 6.14. The first-order chi connectivity index (χ1) is 13.4. The van der Waals surface area contributed by atoms with Crippen molar-refractivity contribution < 1.29 is 9.59 Å². The van der Waals surface area contributed by atoms with Crippen molar-refractivity contribution >= 4 is 39.2 Å². The highest BCUT2D eigenvalue weighted by Crippen LogP contribution is 2.24. The zero-order valence-electron chi connectivity index (χ0n) is 16.0. The molecular formula is C19H21N5O3S. The van der Waals surface area contributed by atoms with Gasteiger partial charge in [0.15, 0.2) is 5.65 Å². The van der Waals surface area contributed by atoms with E-state index in [4.69, 9.17) is 0 Å². The van der Waals surface area contributed by atoms with Crippen LogP contribution in [0.2, 0.25) is 0 Å². The van der Waals surface area contributed by atoms with Crippen LogP contribution >= 0.6 is 11.3 Å². The topological polar surface area (TPSA) is 91.3 Å². The van der Waals surface area contributed by atoms with Crippen LogP contribution in [-0.4, -0.2) is 51.1 Å². The Hall–Kier alpha value is -2.94. The van der Waals surface area contributed by atoms with E-state index in [9.17, 15) is 14.4 Å². The molecule has 1 fully saturated rings. The highest BCUT2D eigenvalue weighted by molar-refractivity contribution is 7.14. The lowest BCUT2D eigenvalue weighted by molar-refractivity contribution is -0.136. The van der Waals surface area contributed by atoms with Crippen LogP contribution in [-0.2, 0) is 23.1 Å². The molecule has 0 atom stereocenters. The molecule has 0 bridgehead atoms. The van der Waals surface area contributed by atoms with Gasteiger partial charge in [-0.2, -0.15) is 0 Å².